The largest absolute Gasteiger partial charge is 0.508 e. The van der Waals surface area contributed by atoms with E-state index in [1.807, 2.05) is 42.5 Å². The molecule has 1 saturated heterocycles. The molecule has 3 atom stereocenters. The van der Waals surface area contributed by atoms with Crippen LogP contribution >= 0.6 is 0 Å². The Morgan fingerprint density at radius 2 is 1.68 bits per heavy atom. The fourth-order valence-corrected chi connectivity index (χ4v) is 6.86. The highest BCUT2D eigenvalue weighted by Gasteiger charge is 2.55. The maximum atomic E-state index is 13.1. The third kappa shape index (κ3) is 5.18. The van der Waals surface area contributed by atoms with Gasteiger partial charge in [0.1, 0.15) is 12.3 Å². The molecule has 6 heteroatoms. The minimum Gasteiger partial charge on any atom is -0.508 e. The first-order valence-electron chi connectivity index (χ1n) is 13.4. The molecule has 0 radical (unpaired) electrons. The summed E-state index contributed by atoms with van der Waals surface area (Å²) in [6.07, 6.45) is 3.31. The van der Waals surface area contributed by atoms with Crippen molar-refractivity contribution in [3.8, 4) is 5.75 Å². The van der Waals surface area contributed by atoms with Gasteiger partial charge in [0, 0.05) is 18.5 Å². The summed E-state index contributed by atoms with van der Waals surface area (Å²) in [6, 6.07) is 26.3. The molecule has 3 aromatic carbocycles. The minimum absolute atomic E-state index is 0.109. The molecule has 1 fully saturated rings. The van der Waals surface area contributed by atoms with Crippen molar-refractivity contribution in [2.75, 3.05) is 26.2 Å². The van der Waals surface area contributed by atoms with Crippen molar-refractivity contribution in [1.29, 1.82) is 0 Å². The van der Waals surface area contributed by atoms with Crippen molar-refractivity contribution >= 4 is 11.9 Å². The van der Waals surface area contributed by atoms with Gasteiger partial charge in [-0.2, -0.15) is 0 Å². The number of aromatic hydroxyl groups is 1. The number of carbonyl (C=O) groups is 2. The van der Waals surface area contributed by atoms with Gasteiger partial charge in [-0.3, -0.25) is 9.59 Å². The fraction of sp³-hybridized carbons (Fsp3) is 0.375. The fourth-order valence-electron chi connectivity index (χ4n) is 6.86. The molecular weight excluding hydrogens is 476 g/mol. The van der Waals surface area contributed by atoms with Gasteiger partial charge in [0.05, 0.1) is 5.92 Å². The number of rotatable bonds is 8. The molecule has 3 aromatic rings. The molecule has 198 valence electrons. The number of fused-ring (bicyclic) bond motifs is 2. The standard InChI is InChI=1S/C32H36N2O4/c1-31-18-24-10-5-6-11-25(24)19-32(31,27-12-7-13-28(35)17-27)14-15-34(22-31)21-26(30(38)33-20-29(36)37)16-23-8-3-2-4-9-23/h2-13,17,26,35H,14-16,18-22H2,1H3,(H,33,38)(H,36,37). The number of phenolic OH excluding ortho intramolecular Hbond substituents is 1. The number of piperidine rings is 1. The lowest BCUT2D eigenvalue weighted by Crippen LogP contribution is -2.61. The molecule has 1 heterocycles. The molecule has 5 rings (SSSR count). The first kappa shape index (κ1) is 26.0. The average Bonchev–Trinajstić information content (AvgIpc) is 2.90. The van der Waals surface area contributed by atoms with Crippen LogP contribution in [-0.2, 0) is 34.3 Å². The lowest BCUT2D eigenvalue weighted by molar-refractivity contribution is -0.138. The van der Waals surface area contributed by atoms with Crippen molar-refractivity contribution in [2.24, 2.45) is 11.3 Å². The number of carboxylic acid groups (broad SMARTS) is 1. The van der Waals surface area contributed by atoms with Gasteiger partial charge in [-0.15, -0.1) is 0 Å². The van der Waals surface area contributed by atoms with Crippen LogP contribution in [-0.4, -0.2) is 53.2 Å². The van der Waals surface area contributed by atoms with E-state index in [1.54, 1.807) is 6.07 Å². The van der Waals surface area contributed by atoms with E-state index in [4.69, 9.17) is 5.11 Å². The molecular formula is C32H36N2O4. The second-order valence-corrected chi connectivity index (χ2v) is 11.3. The number of nitrogens with zero attached hydrogens (tertiary/aromatic N) is 1. The van der Waals surface area contributed by atoms with Crippen LogP contribution in [0.2, 0.25) is 0 Å². The molecule has 0 bridgehead atoms. The number of hydrogen-bond donors (Lipinski definition) is 3. The lowest BCUT2D eigenvalue weighted by Gasteiger charge is -2.58. The Morgan fingerprint density at radius 1 is 0.974 bits per heavy atom. The Balaban J connectivity index is 1.44. The number of nitrogens with one attached hydrogen (secondary N) is 1. The van der Waals surface area contributed by atoms with Crippen molar-refractivity contribution < 1.29 is 19.8 Å². The Bertz CT molecular complexity index is 1310. The highest BCUT2D eigenvalue weighted by molar-refractivity contribution is 5.83. The summed E-state index contributed by atoms with van der Waals surface area (Å²) < 4.78 is 0. The highest BCUT2D eigenvalue weighted by Crippen LogP contribution is 2.55. The number of phenols is 1. The summed E-state index contributed by atoms with van der Waals surface area (Å²) in [5, 5.41) is 22.1. The van der Waals surface area contributed by atoms with Gasteiger partial charge in [-0.25, -0.2) is 0 Å². The van der Waals surface area contributed by atoms with E-state index in [9.17, 15) is 14.7 Å². The Labute approximate surface area is 224 Å². The van der Waals surface area contributed by atoms with Crippen molar-refractivity contribution in [3.63, 3.8) is 0 Å². The van der Waals surface area contributed by atoms with Crippen LogP contribution in [0.1, 0.15) is 35.6 Å². The van der Waals surface area contributed by atoms with Gasteiger partial charge in [0.15, 0.2) is 0 Å². The Hall–Kier alpha value is -3.64. The van der Waals surface area contributed by atoms with E-state index in [0.717, 1.165) is 37.9 Å². The summed E-state index contributed by atoms with van der Waals surface area (Å²) in [7, 11) is 0. The molecule has 0 spiro atoms. The number of likely N-dealkylation sites (tertiary alicyclic amines) is 1. The molecule has 1 aliphatic heterocycles. The van der Waals surface area contributed by atoms with Crippen molar-refractivity contribution in [2.45, 2.75) is 38.0 Å². The minimum atomic E-state index is -1.04. The zero-order valence-corrected chi connectivity index (χ0v) is 21.9. The molecule has 6 nitrogen and oxygen atoms in total. The third-order valence-electron chi connectivity index (χ3n) is 8.76. The first-order chi connectivity index (χ1) is 18.3. The average molecular weight is 513 g/mol. The molecule has 1 amide bonds. The molecule has 0 saturated carbocycles. The number of hydrogen-bond acceptors (Lipinski definition) is 4. The SMILES string of the molecule is CC12Cc3ccccc3CC1(c1cccc(O)c1)CCN(CC(Cc1ccccc1)C(=O)NCC(=O)O)C2. The van der Waals surface area contributed by atoms with Gasteiger partial charge < -0.3 is 20.4 Å². The van der Waals surface area contributed by atoms with Gasteiger partial charge >= 0.3 is 5.97 Å². The molecule has 38 heavy (non-hydrogen) atoms. The first-order valence-corrected chi connectivity index (χ1v) is 13.4. The van der Waals surface area contributed by atoms with Gasteiger partial charge in [-0.1, -0.05) is 73.7 Å². The van der Waals surface area contributed by atoms with E-state index in [-0.39, 0.29) is 29.2 Å². The number of carboxylic acids is 1. The normalized spacial score (nSPS) is 23.6. The van der Waals surface area contributed by atoms with E-state index < -0.39 is 5.97 Å². The third-order valence-corrected chi connectivity index (χ3v) is 8.76. The second-order valence-electron chi connectivity index (χ2n) is 11.3. The zero-order valence-electron chi connectivity index (χ0n) is 21.9. The summed E-state index contributed by atoms with van der Waals surface area (Å²) in [6.45, 7) is 4.18. The summed E-state index contributed by atoms with van der Waals surface area (Å²) in [5.41, 5.74) is 4.74. The van der Waals surface area contributed by atoms with Crippen molar-refractivity contribution in [3.05, 3.63) is 101 Å². The topological polar surface area (TPSA) is 89.9 Å². The lowest BCUT2D eigenvalue weighted by atomic mass is 9.50. The summed E-state index contributed by atoms with van der Waals surface area (Å²) >= 11 is 0. The predicted octanol–water partition coefficient (Wildman–Crippen LogP) is 4.20. The molecule has 3 unspecified atom stereocenters. The zero-order chi connectivity index (χ0) is 26.8. The van der Waals surface area contributed by atoms with Crippen LogP contribution < -0.4 is 5.32 Å². The smallest absolute Gasteiger partial charge is 0.322 e. The number of benzene rings is 3. The number of aliphatic carboxylic acids is 1. The van der Waals surface area contributed by atoms with Crippen molar-refractivity contribution in [1.82, 2.24) is 10.2 Å². The molecule has 1 aliphatic carbocycles. The van der Waals surface area contributed by atoms with E-state index in [0.29, 0.717) is 18.7 Å². The number of amides is 1. The van der Waals surface area contributed by atoms with Crippen LogP contribution in [0.15, 0.2) is 78.9 Å². The van der Waals surface area contributed by atoms with Crippen LogP contribution in [0.25, 0.3) is 0 Å². The van der Waals surface area contributed by atoms with E-state index in [2.05, 4.69) is 47.5 Å². The number of carbonyl (C=O) groups excluding carboxylic acids is 1. The Kier molecular flexibility index (Phi) is 7.26. The molecule has 3 N–H and O–H groups in total. The molecule has 0 aromatic heterocycles. The van der Waals surface area contributed by atoms with Gasteiger partial charge in [0.25, 0.3) is 0 Å². The van der Waals surface area contributed by atoms with Crippen LogP contribution in [0.3, 0.4) is 0 Å². The van der Waals surface area contributed by atoms with Gasteiger partial charge in [-0.05, 0) is 72.0 Å². The second kappa shape index (κ2) is 10.6. The van der Waals surface area contributed by atoms with Crippen LogP contribution in [0.5, 0.6) is 5.75 Å². The monoisotopic (exact) mass is 512 g/mol. The Morgan fingerprint density at radius 3 is 2.39 bits per heavy atom. The van der Waals surface area contributed by atoms with Crippen LogP contribution in [0, 0.1) is 11.3 Å². The molecule has 2 aliphatic rings. The van der Waals surface area contributed by atoms with Gasteiger partial charge in [0.2, 0.25) is 5.91 Å². The summed E-state index contributed by atoms with van der Waals surface area (Å²) in [4.78, 5) is 26.7. The maximum Gasteiger partial charge on any atom is 0.322 e. The predicted molar refractivity (Wildman–Crippen MR) is 147 cm³/mol. The summed E-state index contributed by atoms with van der Waals surface area (Å²) in [5.74, 6) is -1.33. The van der Waals surface area contributed by atoms with E-state index in [1.165, 1.54) is 16.7 Å². The maximum absolute atomic E-state index is 13.1. The van der Waals surface area contributed by atoms with E-state index >= 15 is 0 Å². The van der Waals surface area contributed by atoms with Crippen LogP contribution in [0.4, 0.5) is 0 Å². The quantitative estimate of drug-likeness (QED) is 0.421. The highest BCUT2D eigenvalue weighted by atomic mass is 16.4.